The van der Waals surface area contributed by atoms with E-state index in [1.54, 1.807) is 7.11 Å². The maximum Gasteiger partial charge on any atom is 0.317 e. The highest BCUT2D eigenvalue weighted by Gasteiger charge is 2.36. The maximum absolute atomic E-state index is 12.4. The number of pyridine rings is 1. The average Bonchev–Trinajstić information content (AvgIpc) is 3.04. The lowest BCUT2D eigenvalue weighted by Crippen LogP contribution is -2.43. The second-order valence-electron chi connectivity index (χ2n) is 8.18. The van der Waals surface area contributed by atoms with Crippen molar-refractivity contribution >= 4 is 6.03 Å². The molecule has 0 saturated carbocycles. The van der Waals surface area contributed by atoms with Gasteiger partial charge in [-0.25, -0.2) is 4.79 Å². The van der Waals surface area contributed by atoms with Crippen LogP contribution in [-0.2, 0) is 11.3 Å². The zero-order chi connectivity index (χ0) is 18.4. The average molecular weight is 361 g/mol. The van der Waals surface area contributed by atoms with Gasteiger partial charge < -0.3 is 15.0 Å². The Kier molecular flexibility index (Phi) is 6.48. The third-order valence-corrected chi connectivity index (χ3v) is 5.74. The molecule has 2 amide bonds. The van der Waals surface area contributed by atoms with Gasteiger partial charge in [-0.3, -0.25) is 9.88 Å². The molecular formula is C20H32N4O2. The van der Waals surface area contributed by atoms with Gasteiger partial charge in [0.15, 0.2) is 0 Å². The Morgan fingerprint density at radius 1 is 1.31 bits per heavy atom. The van der Waals surface area contributed by atoms with E-state index in [2.05, 4.69) is 34.3 Å². The van der Waals surface area contributed by atoms with Crippen LogP contribution < -0.4 is 5.32 Å². The summed E-state index contributed by atoms with van der Waals surface area (Å²) in [4.78, 5) is 20.9. The number of amides is 2. The van der Waals surface area contributed by atoms with Crippen molar-refractivity contribution in [3.05, 3.63) is 30.1 Å². The number of likely N-dealkylation sites (tertiary alicyclic amines) is 2. The molecule has 3 heterocycles. The Morgan fingerprint density at radius 3 is 2.73 bits per heavy atom. The van der Waals surface area contributed by atoms with E-state index in [9.17, 15) is 4.79 Å². The molecule has 6 nitrogen and oxygen atoms in total. The summed E-state index contributed by atoms with van der Waals surface area (Å²) in [7, 11) is 1.73. The molecule has 1 atom stereocenters. The van der Waals surface area contributed by atoms with Crippen molar-refractivity contribution in [1.29, 1.82) is 0 Å². The minimum atomic E-state index is 0.0871. The van der Waals surface area contributed by atoms with Crippen molar-refractivity contribution in [2.75, 3.05) is 46.4 Å². The summed E-state index contributed by atoms with van der Waals surface area (Å²) < 4.78 is 5.30. The summed E-state index contributed by atoms with van der Waals surface area (Å²) in [5.41, 5.74) is 1.42. The second-order valence-corrected chi connectivity index (χ2v) is 8.18. The summed E-state index contributed by atoms with van der Waals surface area (Å²) in [5.74, 6) is 0.584. The highest BCUT2D eigenvalue weighted by atomic mass is 16.5. The quantitative estimate of drug-likeness (QED) is 0.846. The molecule has 2 saturated heterocycles. The van der Waals surface area contributed by atoms with Gasteiger partial charge in [0.2, 0.25) is 0 Å². The van der Waals surface area contributed by atoms with Gasteiger partial charge in [0.25, 0.3) is 0 Å². The fourth-order valence-corrected chi connectivity index (χ4v) is 4.10. The van der Waals surface area contributed by atoms with Crippen molar-refractivity contribution in [3.63, 3.8) is 0 Å². The summed E-state index contributed by atoms with van der Waals surface area (Å²) >= 11 is 0. The molecule has 0 aliphatic carbocycles. The van der Waals surface area contributed by atoms with Crippen LogP contribution >= 0.6 is 0 Å². The van der Waals surface area contributed by atoms with E-state index in [1.165, 1.54) is 5.56 Å². The third-order valence-electron chi connectivity index (χ3n) is 5.74. The van der Waals surface area contributed by atoms with Crippen LogP contribution in [0.2, 0.25) is 0 Å². The number of hydrogen-bond acceptors (Lipinski definition) is 4. The van der Waals surface area contributed by atoms with Gasteiger partial charge in [0, 0.05) is 51.1 Å². The third kappa shape index (κ3) is 5.17. The predicted octanol–water partition coefficient (Wildman–Crippen LogP) is 2.36. The summed E-state index contributed by atoms with van der Waals surface area (Å²) in [6.45, 7) is 8.51. The first-order chi connectivity index (χ1) is 12.6. The minimum Gasteiger partial charge on any atom is -0.384 e. The van der Waals surface area contributed by atoms with Crippen LogP contribution in [0.5, 0.6) is 0 Å². The van der Waals surface area contributed by atoms with Gasteiger partial charge in [-0.2, -0.15) is 0 Å². The molecule has 2 fully saturated rings. The maximum atomic E-state index is 12.4. The molecule has 0 aromatic carbocycles. The van der Waals surface area contributed by atoms with Crippen molar-refractivity contribution in [2.45, 2.75) is 32.7 Å². The molecular weight excluding hydrogens is 328 g/mol. The summed E-state index contributed by atoms with van der Waals surface area (Å²) in [6, 6.07) is 4.25. The van der Waals surface area contributed by atoms with Crippen LogP contribution in [0.25, 0.3) is 0 Å². The van der Waals surface area contributed by atoms with Crippen LogP contribution in [0.1, 0.15) is 31.7 Å². The van der Waals surface area contributed by atoms with E-state index in [-0.39, 0.29) is 11.4 Å². The van der Waals surface area contributed by atoms with E-state index < -0.39 is 0 Å². The largest absolute Gasteiger partial charge is 0.384 e. The molecule has 2 aliphatic heterocycles. The van der Waals surface area contributed by atoms with E-state index in [1.807, 2.05) is 17.3 Å². The zero-order valence-corrected chi connectivity index (χ0v) is 16.1. The molecule has 6 heteroatoms. The number of piperidine rings is 1. The first kappa shape index (κ1) is 19.1. The van der Waals surface area contributed by atoms with E-state index >= 15 is 0 Å². The number of methoxy groups -OCH3 is 1. The van der Waals surface area contributed by atoms with Gasteiger partial charge in [0.1, 0.15) is 0 Å². The number of nitrogens with one attached hydrogen (secondary N) is 1. The minimum absolute atomic E-state index is 0.0871. The molecule has 1 aromatic heterocycles. The molecule has 0 spiro atoms. The molecule has 3 rings (SSSR count). The SMILES string of the molecule is COCC1(C)CCN(C(=O)NCC2CCN(Cc3ccncc3)CC2)C1. The normalized spacial score (nSPS) is 24.8. The van der Waals surface area contributed by atoms with Crippen LogP contribution in [0, 0.1) is 11.3 Å². The number of carbonyl (C=O) groups is 1. The van der Waals surface area contributed by atoms with Crippen LogP contribution in [0.15, 0.2) is 24.5 Å². The second kappa shape index (κ2) is 8.82. The Balaban J connectivity index is 1.35. The fourth-order valence-electron chi connectivity index (χ4n) is 4.10. The molecule has 0 bridgehead atoms. The van der Waals surface area contributed by atoms with E-state index in [0.29, 0.717) is 12.5 Å². The molecule has 0 radical (unpaired) electrons. The Bertz CT molecular complexity index is 574. The molecule has 1 N–H and O–H groups in total. The highest BCUT2D eigenvalue weighted by Crippen LogP contribution is 2.30. The van der Waals surface area contributed by atoms with Crippen molar-refractivity contribution in [1.82, 2.24) is 20.1 Å². The standard InChI is InChI=1S/C20H32N4O2/c1-20(16-26-2)7-12-24(15-20)19(25)22-13-17-5-10-23(11-6-17)14-18-3-8-21-9-4-18/h3-4,8-9,17H,5-7,10-16H2,1-2H3,(H,22,25). The number of urea groups is 1. The lowest BCUT2D eigenvalue weighted by Gasteiger charge is -2.32. The van der Waals surface area contributed by atoms with Gasteiger partial charge >= 0.3 is 6.03 Å². The molecule has 26 heavy (non-hydrogen) atoms. The Labute approximate surface area is 156 Å². The summed E-state index contributed by atoms with van der Waals surface area (Å²) in [5, 5.41) is 3.16. The Morgan fingerprint density at radius 2 is 2.04 bits per heavy atom. The zero-order valence-electron chi connectivity index (χ0n) is 16.1. The molecule has 2 aliphatic rings. The van der Waals surface area contributed by atoms with Gasteiger partial charge in [-0.05, 0) is 56.0 Å². The monoisotopic (exact) mass is 360 g/mol. The number of carbonyl (C=O) groups excluding carboxylic acids is 1. The van der Waals surface area contributed by atoms with Crippen LogP contribution in [0.3, 0.4) is 0 Å². The number of ether oxygens (including phenoxy) is 1. The van der Waals surface area contributed by atoms with Crippen molar-refractivity contribution < 1.29 is 9.53 Å². The topological polar surface area (TPSA) is 57.7 Å². The van der Waals surface area contributed by atoms with E-state index in [4.69, 9.17) is 4.74 Å². The molecule has 1 aromatic rings. The van der Waals surface area contributed by atoms with Gasteiger partial charge in [-0.15, -0.1) is 0 Å². The van der Waals surface area contributed by atoms with Crippen molar-refractivity contribution in [3.8, 4) is 0 Å². The number of rotatable bonds is 6. The lowest BCUT2D eigenvalue weighted by molar-refractivity contribution is 0.0980. The van der Waals surface area contributed by atoms with Crippen molar-refractivity contribution in [2.24, 2.45) is 11.3 Å². The highest BCUT2D eigenvalue weighted by molar-refractivity contribution is 5.74. The van der Waals surface area contributed by atoms with Gasteiger partial charge in [-0.1, -0.05) is 6.92 Å². The smallest absolute Gasteiger partial charge is 0.317 e. The number of hydrogen-bond donors (Lipinski definition) is 1. The number of aromatic nitrogens is 1. The first-order valence-corrected chi connectivity index (χ1v) is 9.71. The summed E-state index contributed by atoms with van der Waals surface area (Å²) in [6.07, 6.45) is 7.02. The van der Waals surface area contributed by atoms with Crippen LogP contribution in [0.4, 0.5) is 4.79 Å². The fraction of sp³-hybridized carbons (Fsp3) is 0.700. The lowest BCUT2D eigenvalue weighted by atomic mass is 9.91. The predicted molar refractivity (Wildman–Crippen MR) is 102 cm³/mol. The van der Waals surface area contributed by atoms with E-state index in [0.717, 1.165) is 58.5 Å². The number of nitrogens with zero attached hydrogens (tertiary/aromatic N) is 3. The first-order valence-electron chi connectivity index (χ1n) is 9.71. The molecule has 1 unspecified atom stereocenters. The Hall–Kier alpha value is -1.66. The molecule has 144 valence electrons. The van der Waals surface area contributed by atoms with Crippen LogP contribution in [-0.4, -0.2) is 67.3 Å². The van der Waals surface area contributed by atoms with Gasteiger partial charge in [0.05, 0.1) is 6.61 Å².